The van der Waals surface area contributed by atoms with E-state index in [2.05, 4.69) is 27.5 Å². The van der Waals surface area contributed by atoms with Crippen molar-refractivity contribution < 1.29 is 28.2 Å². The van der Waals surface area contributed by atoms with Crippen molar-refractivity contribution in [1.29, 1.82) is 0 Å². The molecule has 0 bridgehead atoms. The summed E-state index contributed by atoms with van der Waals surface area (Å²) < 4.78 is 34.3. The number of fused-ring (bicyclic) bond motifs is 3. The third-order valence-corrected chi connectivity index (χ3v) is 12.4. The maximum absolute atomic E-state index is 16.3. The molecule has 1 amide bonds. The Hall–Kier alpha value is -2.69. The molecule has 5 fully saturated rings. The predicted molar refractivity (Wildman–Crippen MR) is 177 cm³/mol. The van der Waals surface area contributed by atoms with E-state index in [1.54, 1.807) is 14.2 Å². The molecule has 258 valence electrons. The first-order valence-electron chi connectivity index (χ1n) is 18.1. The molecule has 2 N–H and O–H groups in total. The van der Waals surface area contributed by atoms with Crippen molar-refractivity contribution in [3.05, 3.63) is 35.5 Å². The van der Waals surface area contributed by atoms with Gasteiger partial charge in [-0.1, -0.05) is 25.7 Å². The summed E-state index contributed by atoms with van der Waals surface area (Å²) in [6.45, 7) is 2.14. The van der Waals surface area contributed by atoms with E-state index >= 15 is 4.39 Å². The number of amides is 1. The van der Waals surface area contributed by atoms with Crippen molar-refractivity contribution in [2.45, 2.75) is 113 Å². The van der Waals surface area contributed by atoms with Crippen molar-refractivity contribution in [1.82, 2.24) is 20.4 Å². The normalized spacial score (nSPS) is 36.6. The van der Waals surface area contributed by atoms with Crippen molar-refractivity contribution in [3.8, 4) is 11.5 Å². The lowest BCUT2D eigenvalue weighted by atomic mass is 9.65. The smallest absolute Gasteiger partial charge is 0.256 e. The molecule has 3 saturated carbocycles. The number of morpholine rings is 1. The van der Waals surface area contributed by atoms with Gasteiger partial charge in [-0.3, -0.25) is 9.59 Å². The topological polar surface area (TPSA) is 92.4 Å². The zero-order chi connectivity index (χ0) is 32.7. The van der Waals surface area contributed by atoms with Gasteiger partial charge in [-0.25, -0.2) is 4.39 Å². The summed E-state index contributed by atoms with van der Waals surface area (Å²) in [5, 5.41) is 6.58. The zero-order valence-electron chi connectivity index (χ0n) is 28.3. The Morgan fingerprint density at radius 3 is 2.60 bits per heavy atom. The number of carbonyl (C=O) groups is 2. The fraction of sp³-hybridized carbons (Fsp3) is 0.730. The monoisotopic (exact) mass is 652 g/mol. The summed E-state index contributed by atoms with van der Waals surface area (Å²) in [6, 6.07) is 5.43. The number of nitrogens with zero attached hydrogens (tertiary/aromatic N) is 2. The number of nitrogens with one attached hydrogen (secondary N) is 2. The van der Waals surface area contributed by atoms with Gasteiger partial charge in [-0.15, -0.1) is 0 Å². The Balaban J connectivity index is 1.12. The number of rotatable bonds is 10. The van der Waals surface area contributed by atoms with Crippen LogP contribution in [0.15, 0.2) is 30.0 Å². The van der Waals surface area contributed by atoms with Gasteiger partial charge in [0.2, 0.25) is 0 Å². The van der Waals surface area contributed by atoms with E-state index in [9.17, 15) is 9.59 Å². The number of Topliss-reactive ketones (excluding diaryl/α,β-unsaturated/α-hetero) is 1. The summed E-state index contributed by atoms with van der Waals surface area (Å²) >= 11 is 0. The summed E-state index contributed by atoms with van der Waals surface area (Å²) in [5.74, 6) is 1.62. The number of hydrogen-bond acceptors (Lipinski definition) is 8. The number of carbonyl (C=O) groups excluding carboxylic acids is 2. The Kier molecular flexibility index (Phi) is 9.81. The molecule has 0 radical (unpaired) electrons. The summed E-state index contributed by atoms with van der Waals surface area (Å²) in [7, 11) is 5.42. The first-order valence-corrected chi connectivity index (χ1v) is 18.1. The average molecular weight is 653 g/mol. The second-order valence-electron chi connectivity index (χ2n) is 14.9. The van der Waals surface area contributed by atoms with Gasteiger partial charge in [-0.05, 0) is 101 Å². The maximum Gasteiger partial charge on any atom is 0.256 e. The molecule has 10 unspecified atom stereocenters. The molecule has 2 saturated heterocycles. The summed E-state index contributed by atoms with van der Waals surface area (Å²) in [4.78, 5) is 32.3. The van der Waals surface area contributed by atoms with Crippen molar-refractivity contribution in [2.24, 2.45) is 17.8 Å². The van der Waals surface area contributed by atoms with Crippen LogP contribution in [0.4, 0.5) is 4.39 Å². The van der Waals surface area contributed by atoms with Crippen LogP contribution in [-0.4, -0.2) is 105 Å². The summed E-state index contributed by atoms with van der Waals surface area (Å²) in [5.41, 5.74) is 1.18. The van der Waals surface area contributed by atoms with Gasteiger partial charge in [0.25, 0.3) is 5.91 Å². The van der Waals surface area contributed by atoms with Crippen LogP contribution < -0.4 is 20.1 Å². The third kappa shape index (κ3) is 6.42. The standard InChI is InChI=1S/C37H53FN4O5/c1-41-16-6-9-25(41)13-15-40-37(44)28-21-42-30-18-22-7-4-5-8-23(22)19-32(30)47-36-33(29(38)20-27(34(36)42)35(28)43)39-14-12-24-17-26(45-2)10-11-31(24)46-3/h10-11,17,21-23,25,27,29-30,32-34,36,39H,4-9,12-16,18-20H2,1-3H3,(H,40,44). The first-order chi connectivity index (χ1) is 22.9. The molecule has 6 aliphatic rings. The Morgan fingerprint density at radius 2 is 1.85 bits per heavy atom. The highest BCUT2D eigenvalue weighted by Gasteiger charge is 2.59. The predicted octanol–water partition coefficient (Wildman–Crippen LogP) is 4.04. The lowest BCUT2D eigenvalue weighted by Gasteiger charge is -2.61. The molecular weight excluding hydrogens is 599 g/mol. The molecule has 3 aliphatic carbocycles. The van der Waals surface area contributed by atoms with E-state index in [-0.39, 0.29) is 41.9 Å². The van der Waals surface area contributed by atoms with Gasteiger partial charge in [0.05, 0.1) is 50.1 Å². The fourth-order valence-corrected chi connectivity index (χ4v) is 9.94. The van der Waals surface area contributed by atoms with Gasteiger partial charge < -0.3 is 34.6 Å². The first kappa shape index (κ1) is 32.8. The quantitative estimate of drug-likeness (QED) is 0.367. The van der Waals surface area contributed by atoms with Crippen molar-refractivity contribution >= 4 is 11.7 Å². The van der Waals surface area contributed by atoms with Crippen LogP contribution in [-0.2, 0) is 20.7 Å². The SMILES string of the molecule is COc1ccc(OC)c(CCNC2C(F)CC3C(=O)C(C(=O)NCCC4CCCN4C)=CN4C5CC6CCCCC6CC5OC2C34)c1. The maximum atomic E-state index is 16.3. The van der Waals surface area contributed by atoms with Crippen LogP contribution >= 0.6 is 0 Å². The second kappa shape index (κ2) is 14.0. The molecular formula is C37H53FN4O5. The number of benzene rings is 1. The fourth-order valence-electron chi connectivity index (χ4n) is 9.94. The molecule has 3 aliphatic heterocycles. The Morgan fingerprint density at radius 1 is 1.04 bits per heavy atom. The highest BCUT2D eigenvalue weighted by atomic mass is 19.1. The number of likely N-dealkylation sites (tertiary alicyclic amines) is 1. The zero-order valence-corrected chi connectivity index (χ0v) is 28.3. The number of hydrogen-bond donors (Lipinski definition) is 2. The van der Waals surface area contributed by atoms with Crippen LogP contribution in [0, 0.1) is 17.8 Å². The number of methoxy groups -OCH3 is 2. The lowest BCUT2D eigenvalue weighted by Crippen LogP contribution is -2.73. The molecule has 3 heterocycles. The van der Waals surface area contributed by atoms with Crippen molar-refractivity contribution in [3.63, 3.8) is 0 Å². The van der Waals surface area contributed by atoms with Gasteiger partial charge in [0.1, 0.15) is 17.7 Å². The largest absolute Gasteiger partial charge is 0.497 e. The van der Waals surface area contributed by atoms with Gasteiger partial charge in [-0.2, -0.15) is 0 Å². The number of ketones is 1. The van der Waals surface area contributed by atoms with Crippen LogP contribution in [0.2, 0.25) is 0 Å². The minimum absolute atomic E-state index is 0.0454. The molecule has 7 rings (SSSR count). The second-order valence-corrected chi connectivity index (χ2v) is 14.9. The van der Waals surface area contributed by atoms with E-state index in [1.165, 1.54) is 32.1 Å². The minimum Gasteiger partial charge on any atom is -0.497 e. The molecule has 1 aromatic carbocycles. The Labute approximate surface area is 278 Å². The van der Waals surface area contributed by atoms with Gasteiger partial charge in [0.15, 0.2) is 5.78 Å². The van der Waals surface area contributed by atoms with Crippen LogP contribution in [0.5, 0.6) is 11.5 Å². The molecule has 47 heavy (non-hydrogen) atoms. The molecule has 1 aromatic rings. The third-order valence-electron chi connectivity index (χ3n) is 12.4. The lowest BCUT2D eigenvalue weighted by molar-refractivity contribution is -0.208. The van der Waals surface area contributed by atoms with E-state index in [1.807, 2.05) is 24.4 Å². The molecule has 10 heteroatoms. The molecule has 0 aromatic heterocycles. The highest BCUT2D eigenvalue weighted by molar-refractivity contribution is 6.20. The summed E-state index contributed by atoms with van der Waals surface area (Å²) in [6.07, 6.45) is 10.9. The number of ether oxygens (including phenoxy) is 3. The van der Waals surface area contributed by atoms with Crippen LogP contribution in [0.3, 0.4) is 0 Å². The van der Waals surface area contributed by atoms with E-state index in [0.717, 1.165) is 49.3 Å². The Bertz CT molecular complexity index is 1340. The van der Waals surface area contributed by atoms with E-state index < -0.39 is 24.2 Å². The van der Waals surface area contributed by atoms with Crippen LogP contribution in [0.1, 0.15) is 69.8 Å². The molecule has 9 nitrogen and oxygen atoms in total. The highest BCUT2D eigenvalue weighted by Crippen LogP contribution is 2.50. The molecule has 0 spiro atoms. The van der Waals surface area contributed by atoms with E-state index in [0.29, 0.717) is 37.4 Å². The van der Waals surface area contributed by atoms with Crippen LogP contribution in [0.25, 0.3) is 0 Å². The van der Waals surface area contributed by atoms with Gasteiger partial charge >= 0.3 is 0 Å². The average Bonchev–Trinajstić information content (AvgIpc) is 3.49. The van der Waals surface area contributed by atoms with Crippen molar-refractivity contribution in [2.75, 3.05) is 40.9 Å². The van der Waals surface area contributed by atoms with E-state index in [4.69, 9.17) is 14.2 Å². The minimum atomic E-state index is -1.28. The number of halogens is 1. The van der Waals surface area contributed by atoms with Gasteiger partial charge in [0, 0.05) is 24.7 Å². The number of alkyl halides is 1. The molecule has 10 atom stereocenters.